The summed E-state index contributed by atoms with van der Waals surface area (Å²) in [5.74, 6) is -0.527. The first-order chi connectivity index (χ1) is 9.15. The molecule has 0 unspecified atom stereocenters. The highest BCUT2D eigenvalue weighted by Crippen LogP contribution is 2.35. The van der Waals surface area contributed by atoms with Crippen LogP contribution in [0.5, 0.6) is 0 Å². The Morgan fingerprint density at radius 1 is 1.58 bits per heavy atom. The zero-order valence-corrected chi connectivity index (χ0v) is 11.8. The molecule has 1 aromatic heterocycles. The molecule has 0 fully saturated rings. The van der Waals surface area contributed by atoms with Gasteiger partial charge in [0.15, 0.2) is 0 Å². The molecule has 6 nitrogen and oxygen atoms in total. The third-order valence-corrected chi connectivity index (χ3v) is 3.53. The van der Waals surface area contributed by atoms with E-state index in [1.54, 1.807) is 0 Å². The number of nitrogens with zero attached hydrogens (tertiary/aromatic N) is 1. The fourth-order valence-electron chi connectivity index (χ4n) is 1.44. The molecule has 0 amide bonds. The maximum absolute atomic E-state index is 11.5. The first kappa shape index (κ1) is 15.3. The number of nitrogens with two attached hydrogens (primary N) is 1. The summed E-state index contributed by atoms with van der Waals surface area (Å²) in [6.45, 7) is 3.91. The average molecular weight is 283 g/mol. The van der Waals surface area contributed by atoms with Gasteiger partial charge in [-0.15, -0.1) is 11.3 Å². The molecule has 104 valence electrons. The minimum atomic E-state index is -0.527. The summed E-state index contributed by atoms with van der Waals surface area (Å²) in [5.41, 5.74) is 6.23. The number of esters is 1. The van der Waals surface area contributed by atoms with Crippen molar-refractivity contribution < 1.29 is 14.3 Å². The number of hydrogen-bond acceptors (Lipinski definition) is 7. The molecule has 0 aromatic carbocycles. The molecular weight excluding hydrogens is 266 g/mol. The second-order valence-electron chi connectivity index (χ2n) is 3.63. The van der Waals surface area contributed by atoms with Gasteiger partial charge in [-0.25, -0.2) is 4.79 Å². The van der Waals surface area contributed by atoms with Gasteiger partial charge in [-0.05, 0) is 13.3 Å². The standard InChI is InChI=1S/C12H17N3O3S/c1-3-18-6-4-5-15-11-8(7-13)9(14)10(19-11)12(16)17-2/h15H,3-6,14H2,1-2H3. The van der Waals surface area contributed by atoms with Crippen molar-refractivity contribution in [1.29, 1.82) is 5.26 Å². The Kier molecular flexibility index (Phi) is 6.12. The molecule has 0 aliphatic rings. The largest absolute Gasteiger partial charge is 0.465 e. The Morgan fingerprint density at radius 2 is 2.32 bits per heavy atom. The van der Waals surface area contributed by atoms with E-state index in [0.29, 0.717) is 30.3 Å². The molecule has 0 bridgehead atoms. The summed E-state index contributed by atoms with van der Waals surface area (Å²) in [7, 11) is 1.28. The van der Waals surface area contributed by atoms with Crippen molar-refractivity contribution >= 4 is 28.0 Å². The number of methoxy groups -OCH3 is 1. The van der Waals surface area contributed by atoms with Gasteiger partial charge in [-0.2, -0.15) is 5.26 Å². The highest BCUT2D eigenvalue weighted by molar-refractivity contribution is 7.18. The SMILES string of the molecule is CCOCCCNc1sc(C(=O)OC)c(N)c1C#N. The van der Waals surface area contributed by atoms with Crippen LogP contribution in [0.3, 0.4) is 0 Å². The van der Waals surface area contributed by atoms with E-state index in [9.17, 15) is 4.79 Å². The minimum Gasteiger partial charge on any atom is -0.465 e. The third-order valence-electron chi connectivity index (χ3n) is 2.38. The van der Waals surface area contributed by atoms with Crippen molar-refractivity contribution in [2.45, 2.75) is 13.3 Å². The van der Waals surface area contributed by atoms with Gasteiger partial charge in [0, 0.05) is 19.8 Å². The number of rotatable bonds is 7. The number of hydrogen-bond donors (Lipinski definition) is 2. The van der Waals surface area contributed by atoms with Crippen LogP contribution in [0.4, 0.5) is 10.7 Å². The Labute approximate surface area is 116 Å². The van der Waals surface area contributed by atoms with Crippen LogP contribution in [-0.2, 0) is 9.47 Å². The molecule has 0 aliphatic heterocycles. The molecule has 0 atom stereocenters. The van der Waals surface area contributed by atoms with Crippen molar-refractivity contribution in [2.75, 3.05) is 37.9 Å². The number of anilines is 2. The van der Waals surface area contributed by atoms with E-state index in [1.165, 1.54) is 7.11 Å². The van der Waals surface area contributed by atoms with Crippen LogP contribution >= 0.6 is 11.3 Å². The summed E-state index contributed by atoms with van der Waals surface area (Å²) in [5, 5.41) is 12.8. The van der Waals surface area contributed by atoms with Gasteiger partial charge in [0.2, 0.25) is 0 Å². The molecule has 0 spiro atoms. The second-order valence-corrected chi connectivity index (χ2v) is 4.65. The lowest BCUT2D eigenvalue weighted by Gasteiger charge is -2.04. The zero-order valence-electron chi connectivity index (χ0n) is 11.0. The predicted octanol–water partition coefficient (Wildman–Crippen LogP) is 1.83. The van der Waals surface area contributed by atoms with Gasteiger partial charge >= 0.3 is 5.97 Å². The topological polar surface area (TPSA) is 97.4 Å². The molecule has 1 heterocycles. The smallest absolute Gasteiger partial charge is 0.350 e. The van der Waals surface area contributed by atoms with E-state index >= 15 is 0 Å². The molecule has 0 aliphatic carbocycles. The van der Waals surface area contributed by atoms with Crippen molar-refractivity contribution in [3.63, 3.8) is 0 Å². The molecule has 0 saturated carbocycles. The van der Waals surface area contributed by atoms with Gasteiger partial charge in [0.1, 0.15) is 21.5 Å². The molecule has 0 saturated heterocycles. The van der Waals surface area contributed by atoms with Crippen LogP contribution in [0.2, 0.25) is 0 Å². The number of nitrogen functional groups attached to an aromatic ring is 1. The van der Waals surface area contributed by atoms with Crippen molar-refractivity contribution in [3.8, 4) is 6.07 Å². The fraction of sp³-hybridized carbons (Fsp3) is 0.500. The van der Waals surface area contributed by atoms with Gasteiger partial charge in [-0.1, -0.05) is 0 Å². The zero-order chi connectivity index (χ0) is 14.3. The predicted molar refractivity (Wildman–Crippen MR) is 74.4 cm³/mol. The van der Waals surface area contributed by atoms with Crippen LogP contribution in [0.25, 0.3) is 0 Å². The van der Waals surface area contributed by atoms with E-state index in [2.05, 4.69) is 10.1 Å². The molecule has 7 heteroatoms. The minimum absolute atomic E-state index is 0.173. The number of ether oxygens (including phenoxy) is 2. The number of carbonyl (C=O) groups is 1. The highest BCUT2D eigenvalue weighted by atomic mass is 32.1. The van der Waals surface area contributed by atoms with E-state index in [1.807, 2.05) is 13.0 Å². The quantitative estimate of drug-likeness (QED) is 0.585. The van der Waals surface area contributed by atoms with Crippen LogP contribution < -0.4 is 11.1 Å². The van der Waals surface area contributed by atoms with Crippen molar-refractivity contribution in [1.82, 2.24) is 0 Å². The summed E-state index contributed by atoms with van der Waals surface area (Å²) < 4.78 is 9.83. The monoisotopic (exact) mass is 283 g/mol. The van der Waals surface area contributed by atoms with Crippen LogP contribution in [0.15, 0.2) is 0 Å². The number of thiophene rings is 1. The molecular formula is C12H17N3O3S. The van der Waals surface area contributed by atoms with E-state index in [4.69, 9.17) is 15.7 Å². The van der Waals surface area contributed by atoms with Crippen LogP contribution in [0.1, 0.15) is 28.6 Å². The van der Waals surface area contributed by atoms with Gasteiger partial charge in [0.05, 0.1) is 12.8 Å². The molecule has 0 radical (unpaired) electrons. The summed E-state index contributed by atoms with van der Waals surface area (Å²) in [4.78, 5) is 11.7. The van der Waals surface area contributed by atoms with Crippen molar-refractivity contribution in [2.24, 2.45) is 0 Å². The molecule has 3 N–H and O–H groups in total. The Hall–Kier alpha value is -1.78. The lowest BCUT2D eigenvalue weighted by atomic mass is 10.2. The highest BCUT2D eigenvalue weighted by Gasteiger charge is 2.21. The second kappa shape index (κ2) is 7.61. The number of nitriles is 1. The summed E-state index contributed by atoms with van der Waals surface area (Å²) >= 11 is 1.13. The molecule has 1 rings (SSSR count). The lowest BCUT2D eigenvalue weighted by Crippen LogP contribution is -2.05. The van der Waals surface area contributed by atoms with E-state index in [-0.39, 0.29) is 10.6 Å². The summed E-state index contributed by atoms with van der Waals surface area (Å²) in [6, 6.07) is 2.00. The molecule has 1 aromatic rings. The Balaban J connectivity index is 2.73. The average Bonchev–Trinajstić information content (AvgIpc) is 2.74. The first-order valence-electron chi connectivity index (χ1n) is 5.88. The van der Waals surface area contributed by atoms with E-state index < -0.39 is 5.97 Å². The van der Waals surface area contributed by atoms with Crippen LogP contribution in [0, 0.1) is 11.3 Å². The normalized spacial score (nSPS) is 9.95. The Bertz CT molecular complexity index is 479. The first-order valence-corrected chi connectivity index (χ1v) is 6.69. The molecule has 19 heavy (non-hydrogen) atoms. The van der Waals surface area contributed by atoms with Crippen molar-refractivity contribution in [3.05, 3.63) is 10.4 Å². The maximum atomic E-state index is 11.5. The maximum Gasteiger partial charge on any atom is 0.350 e. The van der Waals surface area contributed by atoms with Gasteiger partial charge in [0.25, 0.3) is 0 Å². The Morgan fingerprint density at radius 3 is 2.89 bits per heavy atom. The van der Waals surface area contributed by atoms with Crippen LogP contribution in [-0.4, -0.2) is 32.8 Å². The van der Waals surface area contributed by atoms with E-state index in [0.717, 1.165) is 17.8 Å². The van der Waals surface area contributed by atoms with Gasteiger partial charge < -0.3 is 20.5 Å². The van der Waals surface area contributed by atoms with Gasteiger partial charge in [-0.3, -0.25) is 0 Å². The fourth-order valence-corrected chi connectivity index (χ4v) is 2.46. The lowest BCUT2D eigenvalue weighted by molar-refractivity contribution is 0.0607. The number of nitrogens with one attached hydrogen (secondary N) is 1. The third kappa shape index (κ3) is 3.84. The number of carbonyl (C=O) groups excluding carboxylic acids is 1. The summed E-state index contributed by atoms with van der Waals surface area (Å²) in [6.07, 6.45) is 0.810.